The molecular formula is C17H34N2. The summed E-state index contributed by atoms with van der Waals surface area (Å²) < 4.78 is 0. The van der Waals surface area contributed by atoms with E-state index in [0.717, 1.165) is 6.54 Å². The molecule has 0 aliphatic carbocycles. The molecule has 0 atom stereocenters. The highest BCUT2D eigenvalue weighted by atomic mass is 14.9. The van der Waals surface area contributed by atoms with Crippen molar-refractivity contribution in [1.29, 1.82) is 0 Å². The molecule has 0 radical (unpaired) electrons. The lowest BCUT2D eigenvalue weighted by Crippen LogP contribution is -2.08. The lowest BCUT2D eigenvalue weighted by molar-refractivity contribution is 0.558. The quantitative estimate of drug-likeness (QED) is 0.329. The van der Waals surface area contributed by atoms with Gasteiger partial charge in [0.05, 0.1) is 11.5 Å². The number of hydrogen-bond acceptors (Lipinski definition) is 2. The molecule has 0 aliphatic rings. The van der Waals surface area contributed by atoms with E-state index in [-0.39, 0.29) is 5.54 Å². The minimum absolute atomic E-state index is 0.0404. The third-order valence-electron chi connectivity index (χ3n) is 3.08. The van der Waals surface area contributed by atoms with Crippen molar-refractivity contribution in [3.05, 3.63) is 0 Å². The van der Waals surface area contributed by atoms with Gasteiger partial charge in [0.2, 0.25) is 0 Å². The first kappa shape index (κ1) is 18.4. The first-order valence-electron chi connectivity index (χ1n) is 8.19. The van der Waals surface area contributed by atoms with Gasteiger partial charge in [-0.05, 0) is 27.2 Å². The second kappa shape index (κ2) is 12.4. The second-order valence-corrected chi connectivity index (χ2v) is 6.45. The monoisotopic (exact) mass is 266 g/mol. The van der Waals surface area contributed by atoms with Crippen molar-refractivity contribution in [1.82, 2.24) is 0 Å². The van der Waals surface area contributed by atoms with Gasteiger partial charge in [0, 0.05) is 6.54 Å². The van der Waals surface area contributed by atoms with Crippen LogP contribution in [0.15, 0.2) is 9.98 Å². The third-order valence-corrected chi connectivity index (χ3v) is 3.08. The topological polar surface area (TPSA) is 24.7 Å². The maximum Gasteiger partial charge on any atom is 0.0898 e. The van der Waals surface area contributed by atoms with Crippen LogP contribution in [0.25, 0.3) is 0 Å². The highest BCUT2D eigenvalue weighted by Crippen LogP contribution is 2.10. The Hall–Kier alpha value is -0.620. The van der Waals surface area contributed by atoms with Gasteiger partial charge in [-0.2, -0.15) is 0 Å². The molecular weight excluding hydrogens is 232 g/mol. The molecule has 0 aromatic heterocycles. The molecule has 0 spiro atoms. The third kappa shape index (κ3) is 17.4. The van der Waals surface area contributed by atoms with E-state index in [1.807, 2.05) is 0 Å². The van der Waals surface area contributed by atoms with Crippen molar-refractivity contribution >= 4 is 6.01 Å². The van der Waals surface area contributed by atoms with Crippen LogP contribution < -0.4 is 0 Å². The molecule has 0 bridgehead atoms. The summed E-state index contributed by atoms with van der Waals surface area (Å²) in [6.07, 6.45) is 13.7. The van der Waals surface area contributed by atoms with E-state index >= 15 is 0 Å². The fraction of sp³-hybridized carbons (Fsp3) is 0.941. The number of nitrogens with zero attached hydrogens (tertiary/aromatic N) is 2. The Morgan fingerprint density at radius 1 is 0.737 bits per heavy atom. The fourth-order valence-corrected chi connectivity index (χ4v) is 1.91. The Kier molecular flexibility index (Phi) is 12.0. The van der Waals surface area contributed by atoms with Crippen LogP contribution in [0.3, 0.4) is 0 Å². The van der Waals surface area contributed by atoms with Gasteiger partial charge in [0.1, 0.15) is 0 Å². The lowest BCUT2D eigenvalue weighted by atomic mass is 10.1. The molecule has 0 aliphatic heterocycles. The average Bonchev–Trinajstić information content (AvgIpc) is 2.34. The minimum Gasteiger partial charge on any atom is -0.226 e. The van der Waals surface area contributed by atoms with E-state index in [0.29, 0.717) is 0 Å². The van der Waals surface area contributed by atoms with Crippen LogP contribution in [0.2, 0.25) is 0 Å². The van der Waals surface area contributed by atoms with Crippen molar-refractivity contribution in [2.45, 2.75) is 97.4 Å². The van der Waals surface area contributed by atoms with Gasteiger partial charge in [-0.3, -0.25) is 0 Å². The van der Waals surface area contributed by atoms with Crippen LogP contribution >= 0.6 is 0 Å². The Labute approximate surface area is 120 Å². The lowest BCUT2D eigenvalue weighted by Gasteiger charge is -2.06. The molecule has 112 valence electrons. The summed E-state index contributed by atoms with van der Waals surface area (Å²) in [5, 5.41) is 0. The Bertz CT molecular complexity index is 244. The van der Waals surface area contributed by atoms with Gasteiger partial charge < -0.3 is 0 Å². The second-order valence-electron chi connectivity index (χ2n) is 6.45. The standard InChI is InChI=1S/C17H34N2/c1-5-6-7-8-9-10-11-12-13-14-15-18-16-19-17(2,3)4/h5-15H2,1-4H3. The van der Waals surface area contributed by atoms with Crippen molar-refractivity contribution < 1.29 is 0 Å². The molecule has 0 rings (SSSR count). The highest BCUT2D eigenvalue weighted by Gasteiger charge is 2.03. The van der Waals surface area contributed by atoms with E-state index in [1.54, 1.807) is 0 Å². The summed E-state index contributed by atoms with van der Waals surface area (Å²) in [6.45, 7) is 9.35. The van der Waals surface area contributed by atoms with Gasteiger partial charge >= 0.3 is 0 Å². The number of hydrogen-bond donors (Lipinski definition) is 0. The van der Waals surface area contributed by atoms with E-state index < -0.39 is 0 Å². The zero-order valence-electron chi connectivity index (χ0n) is 13.7. The van der Waals surface area contributed by atoms with Crippen molar-refractivity contribution in [3.63, 3.8) is 0 Å². The maximum atomic E-state index is 4.22. The molecule has 0 fully saturated rings. The smallest absolute Gasteiger partial charge is 0.0898 e. The minimum atomic E-state index is -0.0404. The normalized spacial score (nSPS) is 11.2. The Balaban J connectivity index is 3.21. The summed E-state index contributed by atoms with van der Waals surface area (Å²) in [4.78, 5) is 8.43. The molecule has 0 unspecified atom stereocenters. The SMILES string of the molecule is CCCCCCCCCCCCN=C=NC(C)(C)C. The van der Waals surface area contributed by atoms with Gasteiger partial charge in [-0.25, -0.2) is 9.98 Å². The molecule has 0 amide bonds. The maximum absolute atomic E-state index is 4.22. The molecule has 0 aromatic rings. The Morgan fingerprint density at radius 2 is 1.21 bits per heavy atom. The van der Waals surface area contributed by atoms with Gasteiger partial charge in [-0.1, -0.05) is 64.7 Å². The van der Waals surface area contributed by atoms with Crippen LogP contribution in [0.5, 0.6) is 0 Å². The van der Waals surface area contributed by atoms with Gasteiger partial charge in [-0.15, -0.1) is 0 Å². The predicted molar refractivity (Wildman–Crippen MR) is 86.3 cm³/mol. The molecule has 2 heteroatoms. The number of rotatable bonds is 11. The van der Waals surface area contributed by atoms with Crippen molar-refractivity contribution in [2.24, 2.45) is 9.98 Å². The first-order chi connectivity index (χ1) is 9.06. The van der Waals surface area contributed by atoms with E-state index in [2.05, 4.69) is 43.7 Å². The molecule has 0 aromatic carbocycles. The summed E-state index contributed by atoms with van der Waals surface area (Å²) >= 11 is 0. The predicted octanol–water partition coefficient (Wildman–Crippen LogP) is 5.88. The summed E-state index contributed by atoms with van der Waals surface area (Å²) in [5.74, 6) is 0. The first-order valence-corrected chi connectivity index (χ1v) is 8.19. The zero-order valence-corrected chi connectivity index (χ0v) is 13.7. The van der Waals surface area contributed by atoms with Crippen LogP contribution in [0.4, 0.5) is 0 Å². The van der Waals surface area contributed by atoms with Gasteiger partial charge in [0.15, 0.2) is 0 Å². The summed E-state index contributed by atoms with van der Waals surface area (Å²) in [7, 11) is 0. The molecule has 19 heavy (non-hydrogen) atoms. The molecule has 0 heterocycles. The van der Waals surface area contributed by atoms with Crippen molar-refractivity contribution in [3.8, 4) is 0 Å². The zero-order chi connectivity index (χ0) is 14.4. The molecule has 0 saturated heterocycles. The number of unbranched alkanes of at least 4 members (excludes halogenated alkanes) is 9. The largest absolute Gasteiger partial charge is 0.226 e. The van der Waals surface area contributed by atoms with E-state index in [9.17, 15) is 0 Å². The van der Waals surface area contributed by atoms with Crippen LogP contribution in [-0.2, 0) is 0 Å². The van der Waals surface area contributed by atoms with E-state index in [4.69, 9.17) is 0 Å². The fourth-order valence-electron chi connectivity index (χ4n) is 1.91. The van der Waals surface area contributed by atoms with Crippen LogP contribution in [-0.4, -0.2) is 18.1 Å². The number of aliphatic imine (C=N–C) groups is 2. The molecule has 0 N–H and O–H groups in total. The average molecular weight is 266 g/mol. The highest BCUT2D eigenvalue weighted by molar-refractivity contribution is 5.42. The summed E-state index contributed by atoms with van der Waals surface area (Å²) in [6, 6.07) is 2.81. The molecule has 2 nitrogen and oxygen atoms in total. The van der Waals surface area contributed by atoms with Gasteiger partial charge in [0.25, 0.3) is 0 Å². The Morgan fingerprint density at radius 3 is 1.68 bits per heavy atom. The van der Waals surface area contributed by atoms with Crippen molar-refractivity contribution in [2.75, 3.05) is 6.54 Å². The van der Waals surface area contributed by atoms with Crippen LogP contribution in [0.1, 0.15) is 91.9 Å². The van der Waals surface area contributed by atoms with Crippen LogP contribution in [0, 0.1) is 0 Å². The summed E-state index contributed by atoms with van der Waals surface area (Å²) in [5.41, 5.74) is -0.0404. The van der Waals surface area contributed by atoms with E-state index in [1.165, 1.54) is 64.2 Å². The molecule has 0 saturated carbocycles.